The van der Waals surface area contributed by atoms with Crippen LogP contribution in [-0.2, 0) is 11.3 Å². The Hall–Kier alpha value is -1.85. The SMILES string of the molecule is O=C1C(=Cc2ccccc2)SC(=S)N1Cc1ccco1. The monoisotopic (exact) mass is 301 g/mol. The average molecular weight is 301 g/mol. The van der Waals surface area contributed by atoms with Crippen molar-refractivity contribution < 1.29 is 9.21 Å². The van der Waals surface area contributed by atoms with Crippen LogP contribution in [0.2, 0.25) is 0 Å². The molecule has 1 saturated heterocycles. The molecule has 0 radical (unpaired) electrons. The highest BCUT2D eigenvalue weighted by atomic mass is 32.2. The summed E-state index contributed by atoms with van der Waals surface area (Å²) in [5.74, 6) is 0.655. The van der Waals surface area contributed by atoms with Gasteiger partial charge in [0, 0.05) is 0 Å². The Balaban J connectivity index is 1.82. The molecule has 3 nitrogen and oxygen atoms in total. The number of amides is 1. The molecule has 0 saturated carbocycles. The second-order valence-corrected chi connectivity index (χ2v) is 5.93. The summed E-state index contributed by atoms with van der Waals surface area (Å²) in [6.07, 6.45) is 3.45. The minimum atomic E-state index is -0.0692. The van der Waals surface area contributed by atoms with Gasteiger partial charge in [0.2, 0.25) is 0 Å². The Morgan fingerprint density at radius 2 is 2.00 bits per heavy atom. The van der Waals surface area contributed by atoms with Crippen LogP contribution in [-0.4, -0.2) is 15.1 Å². The first kappa shape index (κ1) is 13.1. The molecule has 2 aromatic rings. The van der Waals surface area contributed by atoms with Crippen molar-refractivity contribution in [2.75, 3.05) is 0 Å². The van der Waals surface area contributed by atoms with Crippen molar-refractivity contribution in [3.63, 3.8) is 0 Å². The lowest BCUT2D eigenvalue weighted by Gasteiger charge is -2.11. The highest BCUT2D eigenvalue weighted by Crippen LogP contribution is 2.33. The second-order valence-electron chi connectivity index (χ2n) is 4.26. The second kappa shape index (κ2) is 5.64. The first-order valence-electron chi connectivity index (χ1n) is 6.07. The van der Waals surface area contributed by atoms with Gasteiger partial charge in [0.15, 0.2) is 0 Å². The number of rotatable bonds is 3. The molecule has 1 fully saturated rings. The Morgan fingerprint density at radius 3 is 2.70 bits per heavy atom. The van der Waals surface area contributed by atoms with Crippen molar-refractivity contribution >= 4 is 40.3 Å². The minimum absolute atomic E-state index is 0.0692. The van der Waals surface area contributed by atoms with E-state index in [2.05, 4.69) is 0 Å². The number of hydrogen-bond donors (Lipinski definition) is 0. The number of carbonyl (C=O) groups excluding carboxylic acids is 1. The molecule has 20 heavy (non-hydrogen) atoms. The van der Waals surface area contributed by atoms with Gasteiger partial charge < -0.3 is 4.42 Å². The van der Waals surface area contributed by atoms with Gasteiger partial charge in [-0.1, -0.05) is 54.3 Å². The van der Waals surface area contributed by atoms with E-state index >= 15 is 0 Å². The Kier molecular flexibility index (Phi) is 3.71. The fourth-order valence-corrected chi connectivity index (χ4v) is 3.15. The highest BCUT2D eigenvalue weighted by molar-refractivity contribution is 8.26. The van der Waals surface area contributed by atoms with Crippen molar-refractivity contribution in [3.05, 3.63) is 65.0 Å². The fourth-order valence-electron chi connectivity index (χ4n) is 1.90. The lowest BCUT2D eigenvalue weighted by atomic mass is 10.2. The number of hydrogen-bond acceptors (Lipinski definition) is 4. The van der Waals surface area contributed by atoms with E-state index in [0.29, 0.717) is 15.8 Å². The smallest absolute Gasteiger partial charge is 0.266 e. The Morgan fingerprint density at radius 1 is 1.20 bits per heavy atom. The molecule has 0 bridgehead atoms. The maximum Gasteiger partial charge on any atom is 0.266 e. The van der Waals surface area contributed by atoms with Crippen molar-refractivity contribution in [1.29, 1.82) is 0 Å². The Bertz CT molecular complexity index is 662. The first-order chi connectivity index (χ1) is 9.74. The van der Waals surface area contributed by atoms with E-state index in [0.717, 1.165) is 11.3 Å². The molecule has 0 N–H and O–H groups in total. The third kappa shape index (κ3) is 2.69. The van der Waals surface area contributed by atoms with E-state index in [1.165, 1.54) is 11.8 Å². The van der Waals surface area contributed by atoms with Gasteiger partial charge in [-0.15, -0.1) is 0 Å². The molecular formula is C15H11NO2S2. The molecule has 0 unspecified atom stereocenters. The van der Waals surface area contributed by atoms with E-state index < -0.39 is 0 Å². The Labute approximate surface area is 126 Å². The van der Waals surface area contributed by atoms with Gasteiger partial charge in [0.25, 0.3) is 5.91 Å². The molecule has 0 spiro atoms. The van der Waals surface area contributed by atoms with Gasteiger partial charge in [0.1, 0.15) is 10.1 Å². The summed E-state index contributed by atoms with van der Waals surface area (Å²) in [6.45, 7) is 0.379. The maximum absolute atomic E-state index is 12.4. The topological polar surface area (TPSA) is 33.5 Å². The van der Waals surface area contributed by atoms with Crippen molar-refractivity contribution in [3.8, 4) is 0 Å². The molecule has 1 aliphatic rings. The number of thioether (sulfide) groups is 1. The zero-order valence-electron chi connectivity index (χ0n) is 10.5. The summed E-state index contributed by atoms with van der Waals surface area (Å²) in [6, 6.07) is 13.4. The molecule has 2 heterocycles. The van der Waals surface area contributed by atoms with Gasteiger partial charge >= 0.3 is 0 Å². The highest BCUT2D eigenvalue weighted by Gasteiger charge is 2.32. The lowest BCUT2D eigenvalue weighted by molar-refractivity contribution is -0.122. The summed E-state index contributed by atoms with van der Waals surface area (Å²) < 4.78 is 5.83. The van der Waals surface area contributed by atoms with E-state index in [9.17, 15) is 4.79 Å². The summed E-state index contributed by atoms with van der Waals surface area (Å²) in [5, 5.41) is 0. The molecule has 1 aromatic heterocycles. The van der Waals surface area contributed by atoms with Crippen LogP contribution in [0.3, 0.4) is 0 Å². The minimum Gasteiger partial charge on any atom is -0.467 e. The van der Waals surface area contributed by atoms with Crippen molar-refractivity contribution in [2.24, 2.45) is 0 Å². The van der Waals surface area contributed by atoms with E-state index in [4.69, 9.17) is 16.6 Å². The number of thiocarbonyl (C=S) groups is 1. The molecule has 3 rings (SSSR count). The van der Waals surface area contributed by atoms with E-state index in [1.807, 2.05) is 42.5 Å². The van der Waals surface area contributed by atoms with Crippen LogP contribution in [0.1, 0.15) is 11.3 Å². The normalized spacial score (nSPS) is 17.2. The molecule has 1 aliphatic heterocycles. The summed E-state index contributed by atoms with van der Waals surface area (Å²) >= 11 is 6.60. The lowest BCUT2D eigenvalue weighted by Crippen LogP contribution is -2.27. The zero-order valence-corrected chi connectivity index (χ0v) is 12.1. The number of carbonyl (C=O) groups is 1. The van der Waals surface area contributed by atoms with Gasteiger partial charge in [-0.2, -0.15) is 0 Å². The van der Waals surface area contributed by atoms with E-state index in [1.54, 1.807) is 17.2 Å². The molecule has 100 valence electrons. The van der Waals surface area contributed by atoms with Crippen molar-refractivity contribution in [1.82, 2.24) is 4.90 Å². The van der Waals surface area contributed by atoms with Crippen LogP contribution in [0.25, 0.3) is 6.08 Å². The molecule has 1 amide bonds. The molecule has 0 atom stereocenters. The number of benzene rings is 1. The largest absolute Gasteiger partial charge is 0.467 e. The number of nitrogens with zero attached hydrogens (tertiary/aromatic N) is 1. The van der Waals surface area contributed by atoms with E-state index in [-0.39, 0.29) is 5.91 Å². The van der Waals surface area contributed by atoms with Gasteiger partial charge in [-0.3, -0.25) is 9.69 Å². The first-order valence-corrected chi connectivity index (χ1v) is 7.29. The van der Waals surface area contributed by atoms with Gasteiger partial charge in [-0.05, 0) is 23.8 Å². The standard InChI is InChI=1S/C15H11NO2S2/c17-14-13(9-11-5-2-1-3-6-11)20-15(19)16(14)10-12-7-4-8-18-12/h1-9H,10H2. The third-order valence-corrected chi connectivity index (χ3v) is 4.24. The predicted octanol–water partition coefficient (Wildman–Crippen LogP) is 3.68. The molecular weight excluding hydrogens is 290 g/mol. The molecule has 1 aromatic carbocycles. The molecule has 0 aliphatic carbocycles. The predicted molar refractivity (Wildman–Crippen MR) is 83.9 cm³/mol. The van der Waals surface area contributed by atoms with Crippen LogP contribution in [0.4, 0.5) is 0 Å². The fraction of sp³-hybridized carbons (Fsp3) is 0.0667. The average Bonchev–Trinajstić information content (AvgIpc) is 3.05. The third-order valence-electron chi connectivity index (χ3n) is 2.86. The van der Waals surface area contributed by atoms with Crippen LogP contribution in [0, 0.1) is 0 Å². The molecule has 5 heteroatoms. The summed E-state index contributed by atoms with van der Waals surface area (Å²) in [4.78, 5) is 14.6. The van der Waals surface area contributed by atoms with Gasteiger partial charge in [-0.25, -0.2) is 0 Å². The van der Waals surface area contributed by atoms with Gasteiger partial charge in [0.05, 0.1) is 17.7 Å². The summed E-state index contributed by atoms with van der Waals surface area (Å²) in [7, 11) is 0. The zero-order chi connectivity index (χ0) is 13.9. The number of furan rings is 1. The van der Waals surface area contributed by atoms with Crippen molar-refractivity contribution in [2.45, 2.75) is 6.54 Å². The summed E-state index contributed by atoms with van der Waals surface area (Å²) in [5.41, 5.74) is 0.992. The van der Waals surface area contributed by atoms with Crippen LogP contribution >= 0.6 is 24.0 Å². The van der Waals surface area contributed by atoms with Crippen LogP contribution in [0.5, 0.6) is 0 Å². The quantitative estimate of drug-likeness (QED) is 0.639. The van der Waals surface area contributed by atoms with Crippen LogP contribution in [0.15, 0.2) is 58.1 Å². The van der Waals surface area contributed by atoms with Crippen LogP contribution < -0.4 is 0 Å². The maximum atomic E-state index is 12.4.